The summed E-state index contributed by atoms with van der Waals surface area (Å²) < 4.78 is 1.84. The number of hydrogen-bond donors (Lipinski definition) is 2. The van der Waals surface area contributed by atoms with Gasteiger partial charge >= 0.3 is 0 Å². The molecule has 1 atom stereocenters. The van der Waals surface area contributed by atoms with E-state index in [2.05, 4.69) is 31.2 Å². The second kappa shape index (κ2) is 8.31. The highest BCUT2D eigenvalue weighted by molar-refractivity contribution is 5.91. The number of benzene rings is 1. The molecule has 0 aliphatic carbocycles. The van der Waals surface area contributed by atoms with E-state index in [0.29, 0.717) is 18.9 Å². The molecule has 5 nitrogen and oxygen atoms in total. The molecule has 2 rings (SSSR count). The molecule has 0 saturated carbocycles. The molecule has 3 N–H and O–H groups in total. The van der Waals surface area contributed by atoms with Crippen LogP contribution in [0.1, 0.15) is 39.0 Å². The lowest BCUT2D eigenvalue weighted by molar-refractivity contribution is -0.119. The lowest BCUT2D eigenvalue weighted by Crippen LogP contribution is -2.27. The van der Waals surface area contributed by atoms with E-state index in [1.807, 2.05) is 48.0 Å². The van der Waals surface area contributed by atoms with E-state index < -0.39 is 0 Å². The van der Waals surface area contributed by atoms with Crippen LogP contribution in [0.4, 0.5) is 5.82 Å². The molecule has 0 radical (unpaired) electrons. The number of aromatic nitrogens is 2. The van der Waals surface area contributed by atoms with Crippen molar-refractivity contribution in [2.75, 3.05) is 11.9 Å². The smallest absolute Gasteiger partial charge is 0.229 e. The molecule has 6 heteroatoms. The van der Waals surface area contributed by atoms with Crippen molar-refractivity contribution in [2.45, 2.75) is 39.7 Å². The Morgan fingerprint density at radius 1 is 1.29 bits per heavy atom. The van der Waals surface area contributed by atoms with Gasteiger partial charge in [-0.05, 0) is 5.56 Å². The van der Waals surface area contributed by atoms with Crippen molar-refractivity contribution in [2.24, 2.45) is 11.7 Å². The molecule has 1 amide bonds. The zero-order chi connectivity index (χ0) is 17.0. The Bertz CT molecular complexity index is 661. The number of carbonyl (C=O) groups excluding carboxylic acids is 1. The maximum absolute atomic E-state index is 12.2. The number of halogens is 1. The van der Waals surface area contributed by atoms with Crippen molar-refractivity contribution < 1.29 is 4.79 Å². The fourth-order valence-corrected chi connectivity index (χ4v) is 2.12. The van der Waals surface area contributed by atoms with Crippen molar-refractivity contribution in [3.8, 4) is 0 Å². The lowest BCUT2D eigenvalue weighted by atomic mass is 9.92. The Kier molecular flexibility index (Phi) is 6.99. The van der Waals surface area contributed by atoms with Crippen molar-refractivity contribution in [1.29, 1.82) is 0 Å². The molecular weight excluding hydrogens is 324 g/mol. The van der Waals surface area contributed by atoms with Gasteiger partial charge in [-0.3, -0.25) is 4.79 Å². The minimum absolute atomic E-state index is 0. The number of hydrogen-bond acceptors (Lipinski definition) is 3. The number of nitrogens with zero attached hydrogens (tertiary/aromatic N) is 2. The summed E-state index contributed by atoms with van der Waals surface area (Å²) in [4.78, 5) is 12.2. The predicted octanol–water partition coefficient (Wildman–Crippen LogP) is 3.18. The highest BCUT2D eigenvalue weighted by Gasteiger charge is 2.21. The van der Waals surface area contributed by atoms with Crippen LogP contribution in [0.5, 0.6) is 0 Å². The van der Waals surface area contributed by atoms with Gasteiger partial charge < -0.3 is 11.1 Å². The zero-order valence-corrected chi connectivity index (χ0v) is 15.6. The molecule has 1 heterocycles. The highest BCUT2D eigenvalue weighted by atomic mass is 35.5. The third-order valence-corrected chi connectivity index (χ3v) is 3.78. The summed E-state index contributed by atoms with van der Waals surface area (Å²) in [5.74, 6) is 0.402. The van der Waals surface area contributed by atoms with Crippen LogP contribution in [-0.2, 0) is 16.8 Å². The van der Waals surface area contributed by atoms with Crippen LogP contribution >= 0.6 is 12.4 Å². The summed E-state index contributed by atoms with van der Waals surface area (Å²) >= 11 is 0. The van der Waals surface area contributed by atoms with Gasteiger partial charge in [0.05, 0.1) is 12.2 Å². The Morgan fingerprint density at radius 2 is 1.92 bits per heavy atom. The molecule has 0 aliphatic rings. The monoisotopic (exact) mass is 350 g/mol. The summed E-state index contributed by atoms with van der Waals surface area (Å²) in [7, 11) is 0. The molecule has 0 aliphatic heterocycles. The predicted molar refractivity (Wildman–Crippen MR) is 101 cm³/mol. The molecule has 1 unspecified atom stereocenters. The van der Waals surface area contributed by atoms with Gasteiger partial charge in [-0.25, -0.2) is 4.68 Å². The second-order valence-electron chi connectivity index (χ2n) is 6.93. The van der Waals surface area contributed by atoms with Crippen LogP contribution in [0.3, 0.4) is 0 Å². The van der Waals surface area contributed by atoms with E-state index in [1.165, 1.54) is 0 Å². The summed E-state index contributed by atoms with van der Waals surface area (Å²) in [6.45, 7) is 9.08. The Labute approximate surface area is 150 Å². The molecule has 0 bridgehead atoms. The van der Waals surface area contributed by atoms with Crippen LogP contribution in [0.15, 0.2) is 36.4 Å². The first-order valence-corrected chi connectivity index (χ1v) is 7.94. The molecule has 1 aromatic carbocycles. The van der Waals surface area contributed by atoms with Crippen molar-refractivity contribution >= 4 is 24.1 Å². The molecule has 24 heavy (non-hydrogen) atoms. The van der Waals surface area contributed by atoms with Gasteiger partial charge in [0, 0.05) is 23.9 Å². The number of anilines is 1. The van der Waals surface area contributed by atoms with Gasteiger partial charge in [-0.15, -0.1) is 12.4 Å². The van der Waals surface area contributed by atoms with Crippen LogP contribution in [0.25, 0.3) is 0 Å². The van der Waals surface area contributed by atoms with Gasteiger partial charge in [-0.1, -0.05) is 58.0 Å². The molecule has 2 aromatic rings. The normalized spacial score (nSPS) is 12.4. The Balaban J connectivity index is 0.00000288. The molecule has 0 saturated heterocycles. The topological polar surface area (TPSA) is 72.9 Å². The molecule has 0 fully saturated rings. The van der Waals surface area contributed by atoms with E-state index in [0.717, 1.165) is 11.3 Å². The second-order valence-corrected chi connectivity index (χ2v) is 6.93. The number of nitrogens with one attached hydrogen (secondary N) is 1. The van der Waals surface area contributed by atoms with Crippen LogP contribution < -0.4 is 11.1 Å². The van der Waals surface area contributed by atoms with Gasteiger partial charge in [0.1, 0.15) is 5.82 Å². The van der Waals surface area contributed by atoms with Gasteiger partial charge in [0.25, 0.3) is 0 Å². The van der Waals surface area contributed by atoms with Gasteiger partial charge in [0.2, 0.25) is 5.91 Å². The van der Waals surface area contributed by atoms with Crippen molar-refractivity contribution in [3.63, 3.8) is 0 Å². The third-order valence-electron chi connectivity index (χ3n) is 3.78. The number of carbonyl (C=O) groups is 1. The minimum Gasteiger partial charge on any atom is -0.330 e. The standard InChI is InChI=1S/C18H26N4O.ClH/c1-13(11-19)17(23)20-16-10-15(18(2,3)4)21-22(16)12-14-8-6-5-7-9-14;/h5-10,13H,11-12,19H2,1-4H3,(H,20,23);1H. The maximum atomic E-state index is 12.2. The van der Waals surface area contributed by atoms with E-state index in [1.54, 1.807) is 0 Å². The van der Waals surface area contributed by atoms with Crippen molar-refractivity contribution in [1.82, 2.24) is 9.78 Å². The zero-order valence-electron chi connectivity index (χ0n) is 14.7. The van der Waals surface area contributed by atoms with Gasteiger partial charge in [-0.2, -0.15) is 5.10 Å². The number of amides is 1. The van der Waals surface area contributed by atoms with E-state index in [-0.39, 0.29) is 29.6 Å². The highest BCUT2D eigenvalue weighted by Crippen LogP contribution is 2.25. The molecule has 0 spiro atoms. The SMILES string of the molecule is CC(CN)C(=O)Nc1cc(C(C)(C)C)nn1Cc1ccccc1.Cl. The molecule has 1 aromatic heterocycles. The Morgan fingerprint density at radius 3 is 2.46 bits per heavy atom. The quantitative estimate of drug-likeness (QED) is 0.869. The van der Waals surface area contributed by atoms with Crippen molar-refractivity contribution in [3.05, 3.63) is 47.7 Å². The fourth-order valence-electron chi connectivity index (χ4n) is 2.12. The first-order valence-electron chi connectivity index (χ1n) is 7.94. The van der Waals surface area contributed by atoms with Gasteiger partial charge in [0.15, 0.2) is 0 Å². The van der Waals surface area contributed by atoms with Crippen LogP contribution in [0, 0.1) is 5.92 Å². The third kappa shape index (κ3) is 5.08. The lowest BCUT2D eigenvalue weighted by Gasteiger charge is -2.14. The average Bonchev–Trinajstić information content (AvgIpc) is 2.90. The van der Waals surface area contributed by atoms with Crippen LogP contribution in [-0.4, -0.2) is 22.2 Å². The fraction of sp³-hybridized carbons (Fsp3) is 0.444. The molecular formula is C18H27ClN4O. The first kappa shape index (κ1) is 20.2. The minimum atomic E-state index is -0.229. The average molecular weight is 351 g/mol. The van der Waals surface area contributed by atoms with E-state index in [9.17, 15) is 4.79 Å². The number of nitrogens with two attached hydrogens (primary N) is 1. The van der Waals surface area contributed by atoms with E-state index in [4.69, 9.17) is 5.73 Å². The molecule has 132 valence electrons. The van der Waals surface area contributed by atoms with Crippen LogP contribution in [0.2, 0.25) is 0 Å². The largest absolute Gasteiger partial charge is 0.330 e. The number of rotatable bonds is 5. The van der Waals surface area contributed by atoms with E-state index >= 15 is 0 Å². The first-order chi connectivity index (χ1) is 10.8. The maximum Gasteiger partial charge on any atom is 0.229 e. The summed E-state index contributed by atoms with van der Waals surface area (Å²) in [6.07, 6.45) is 0. The summed E-state index contributed by atoms with van der Waals surface area (Å²) in [5, 5.41) is 7.64. The summed E-state index contributed by atoms with van der Waals surface area (Å²) in [6, 6.07) is 12.0. The summed E-state index contributed by atoms with van der Waals surface area (Å²) in [5.41, 5.74) is 7.58. The Hall–Kier alpha value is -1.85.